The van der Waals surface area contributed by atoms with Gasteiger partial charge >= 0.3 is 6.01 Å². The second-order valence-electron chi connectivity index (χ2n) is 5.38. The van der Waals surface area contributed by atoms with Crippen LogP contribution in [0.15, 0.2) is 0 Å². The smallest absolute Gasteiger partial charge is 0.323 e. The first kappa shape index (κ1) is 16.1. The third-order valence-corrected chi connectivity index (χ3v) is 4.88. The second kappa shape index (κ2) is 7.68. The van der Waals surface area contributed by atoms with Crippen LogP contribution < -0.4 is 15.4 Å². The van der Waals surface area contributed by atoms with E-state index in [-0.39, 0.29) is 4.75 Å². The number of ether oxygens (including phenoxy) is 1. The Labute approximate surface area is 130 Å². The van der Waals surface area contributed by atoms with Gasteiger partial charge in [-0.3, -0.25) is 0 Å². The van der Waals surface area contributed by atoms with Crippen molar-refractivity contribution < 1.29 is 4.74 Å². The minimum Gasteiger partial charge on any atom is -0.464 e. The molecule has 1 unspecified atom stereocenters. The molecule has 2 N–H and O–H groups in total. The third-order valence-electron chi connectivity index (χ3n) is 3.34. The predicted octanol–water partition coefficient (Wildman–Crippen LogP) is 2.79. The summed E-state index contributed by atoms with van der Waals surface area (Å²) in [6, 6.07) is 0.373. The third kappa shape index (κ3) is 4.91. The van der Waals surface area contributed by atoms with Crippen LogP contribution >= 0.6 is 11.8 Å². The normalized spacial score (nSPS) is 21.3. The Morgan fingerprint density at radius 3 is 2.57 bits per heavy atom. The zero-order valence-electron chi connectivity index (χ0n) is 13.1. The summed E-state index contributed by atoms with van der Waals surface area (Å²) in [5, 5.41) is 6.52. The summed E-state index contributed by atoms with van der Waals surface area (Å²) in [5.74, 6) is 2.39. The van der Waals surface area contributed by atoms with Crippen molar-refractivity contribution in [2.45, 2.75) is 44.8 Å². The van der Waals surface area contributed by atoms with Crippen LogP contribution in [0.25, 0.3) is 0 Å². The Morgan fingerprint density at radius 2 is 1.95 bits per heavy atom. The average molecular weight is 311 g/mol. The highest BCUT2D eigenvalue weighted by molar-refractivity contribution is 8.00. The molecular formula is C14H25N5OS. The van der Waals surface area contributed by atoms with E-state index in [1.54, 1.807) is 0 Å². The molecule has 0 radical (unpaired) electrons. The van der Waals surface area contributed by atoms with Crippen molar-refractivity contribution in [3.8, 4) is 6.01 Å². The molecular weight excluding hydrogens is 286 g/mol. The molecule has 1 fully saturated rings. The maximum Gasteiger partial charge on any atom is 0.323 e. The van der Waals surface area contributed by atoms with E-state index in [1.165, 1.54) is 18.6 Å². The van der Waals surface area contributed by atoms with Crippen molar-refractivity contribution in [2.75, 3.05) is 36.1 Å². The van der Waals surface area contributed by atoms with Crippen molar-refractivity contribution >= 4 is 23.7 Å². The molecule has 0 bridgehead atoms. The first-order valence-electron chi connectivity index (χ1n) is 7.66. The summed E-state index contributed by atoms with van der Waals surface area (Å²) in [4.78, 5) is 13.0. The number of nitrogens with one attached hydrogen (secondary N) is 2. The molecule has 1 atom stereocenters. The highest BCUT2D eigenvalue weighted by atomic mass is 32.2. The van der Waals surface area contributed by atoms with Crippen LogP contribution in [-0.4, -0.2) is 45.1 Å². The molecule has 7 heteroatoms. The van der Waals surface area contributed by atoms with Crippen molar-refractivity contribution in [1.29, 1.82) is 0 Å². The number of hydrogen-bond acceptors (Lipinski definition) is 7. The van der Waals surface area contributed by atoms with Gasteiger partial charge in [-0.25, -0.2) is 0 Å². The molecule has 0 spiro atoms. The Balaban J connectivity index is 2.03. The lowest BCUT2D eigenvalue weighted by Crippen LogP contribution is -2.28. The van der Waals surface area contributed by atoms with Crippen LogP contribution in [0.1, 0.15) is 40.0 Å². The number of thioether (sulfide) groups is 1. The molecule has 118 valence electrons. The second-order valence-corrected chi connectivity index (χ2v) is 7.06. The quantitative estimate of drug-likeness (QED) is 0.765. The molecule has 2 rings (SSSR count). The Bertz CT molecular complexity index is 451. The minimum absolute atomic E-state index is 0.273. The standard InChI is InChI=1S/C14H25N5OS/c1-4-8-15-11-17-12(19-13(18-11)20-5-2)16-10-14(3)7-6-9-21-14/h4-10H2,1-3H3,(H2,15,16,17,18,19). The maximum atomic E-state index is 5.42. The van der Waals surface area contributed by atoms with Gasteiger partial charge in [0.25, 0.3) is 0 Å². The fourth-order valence-electron chi connectivity index (χ4n) is 2.19. The SMILES string of the molecule is CCCNc1nc(NCC2(C)CCCS2)nc(OCC)n1. The van der Waals surface area contributed by atoms with Gasteiger partial charge in [-0.05, 0) is 38.9 Å². The zero-order chi connectivity index (χ0) is 15.1. The summed E-state index contributed by atoms with van der Waals surface area (Å²) in [6.45, 7) is 8.56. The molecule has 1 aromatic rings. The summed E-state index contributed by atoms with van der Waals surface area (Å²) in [7, 11) is 0. The van der Waals surface area contributed by atoms with Gasteiger partial charge in [0.05, 0.1) is 6.61 Å². The molecule has 0 saturated carbocycles. The molecule has 0 aliphatic carbocycles. The molecule has 0 amide bonds. The lowest BCUT2D eigenvalue weighted by molar-refractivity contribution is 0.312. The van der Waals surface area contributed by atoms with Crippen LogP contribution in [0.3, 0.4) is 0 Å². The number of hydrogen-bond donors (Lipinski definition) is 2. The molecule has 6 nitrogen and oxygen atoms in total. The van der Waals surface area contributed by atoms with Gasteiger partial charge in [-0.1, -0.05) is 6.92 Å². The van der Waals surface area contributed by atoms with Crippen LogP contribution in [0.5, 0.6) is 6.01 Å². The lowest BCUT2D eigenvalue weighted by atomic mass is 10.1. The number of anilines is 2. The maximum absolute atomic E-state index is 5.42. The highest BCUT2D eigenvalue weighted by Crippen LogP contribution is 2.37. The van der Waals surface area contributed by atoms with Crippen LogP contribution in [-0.2, 0) is 0 Å². The lowest BCUT2D eigenvalue weighted by Gasteiger charge is -2.22. The summed E-state index contributed by atoms with van der Waals surface area (Å²) in [6.07, 6.45) is 3.54. The zero-order valence-corrected chi connectivity index (χ0v) is 13.9. The van der Waals surface area contributed by atoms with Gasteiger partial charge in [0.15, 0.2) is 0 Å². The first-order chi connectivity index (χ1) is 10.1. The van der Waals surface area contributed by atoms with Gasteiger partial charge < -0.3 is 15.4 Å². The van der Waals surface area contributed by atoms with Crippen molar-refractivity contribution in [3.05, 3.63) is 0 Å². The molecule has 1 aliphatic heterocycles. The summed E-state index contributed by atoms with van der Waals surface area (Å²) in [5.41, 5.74) is 0. The fraction of sp³-hybridized carbons (Fsp3) is 0.786. The van der Waals surface area contributed by atoms with Gasteiger partial charge in [0, 0.05) is 17.8 Å². The van der Waals surface area contributed by atoms with Gasteiger partial charge in [0.1, 0.15) is 0 Å². The monoisotopic (exact) mass is 311 g/mol. The molecule has 2 heterocycles. The molecule has 1 saturated heterocycles. The predicted molar refractivity (Wildman–Crippen MR) is 88.4 cm³/mol. The van der Waals surface area contributed by atoms with E-state index in [2.05, 4.69) is 39.4 Å². The van der Waals surface area contributed by atoms with E-state index in [0.29, 0.717) is 24.5 Å². The molecule has 0 aromatic carbocycles. The van der Waals surface area contributed by atoms with Crippen molar-refractivity contribution in [2.24, 2.45) is 0 Å². The van der Waals surface area contributed by atoms with Gasteiger partial charge in [-0.15, -0.1) is 0 Å². The Morgan fingerprint density at radius 1 is 1.19 bits per heavy atom. The highest BCUT2D eigenvalue weighted by Gasteiger charge is 2.29. The summed E-state index contributed by atoms with van der Waals surface area (Å²) < 4.78 is 5.69. The van der Waals surface area contributed by atoms with E-state index in [0.717, 1.165) is 19.5 Å². The van der Waals surface area contributed by atoms with E-state index in [9.17, 15) is 0 Å². The number of nitrogens with zero attached hydrogens (tertiary/aromatic N) is 3. The van der Waals surface area contributed by atoms with E-state index in [1.807, 2.05) is 18.7 Å². The Hall–Kier alpha value is -1.24. The van der Waals surface area contributed by atoms with Crippen LogP contribution in [0.2, 0.25) is 0 Å². The van der Waals surface area contributed by atoms with Gasteiger partial charge in [0.2, 0.25) is 11.9 Å². The van der Waals surface area contributed by atoms with Gasteiger partial charge in [-0.2, -0.15) is 26.7 Å². The van der Waals surface area contributed by atoms with Crippen LogP contribution in [0, 0.1) is 0 Å². The molecule has 21 heavy (non-hydrogen) atoms. The van der Waals surface area contributed by atoms with E-state index < -0.39 is 0 Å². The van der Waals surface area contributed by atoms with Crippen molar-refractivity contribution in [3.63, 3.8) is 0 Å². The number of aromatic nitrogens is 3. The largest absolute Gasteiger partial charge is 0.464 e. The van der Waals surface area contributed by atoms with Crippen LogP contribution in [0.4, 0.5) is 11.9 Å². The number of rotatable bonds is 8. The van der Waals surface area contributed by atoms with E-state index in [4.69, 9.17) is 4.74 Å². The minimum atomic E-state index is 0.273. The Kier molecular flexibility index (Phi) is 5.90. The molecule has 1 aliphatic rings. The average Bonchev–Trinajstić information content (AvgIpc) is 2.91. The topological polar surface area (TPSA) is 72.0 Å². The first-order valence-corrected chi connectivity index (χ1v) is 8.64. The molecule has 1 aromatic heterocycles. The fourth-order valence-corrected chi connectivity index (χ4v) is 3.43. The summed E-state index contributed by atoms with van der Waals surface area (Å²) >= 11 is 2.02. The van der Waals surface area contributed by atoms with E-state index >= 15 is 0 Å². The van der Waals surface area contributed by atoms with Crippen molar-refractivity contribution in [1.82, 2.24) is 15.0 Å².